The number of fused-ring (bicyclic) bond motifs is 2. The fourth-order valence-corrected chi connectivity index (χ4v) is 6.91. The van der Waals surface area contributed by atoms with Gasteiger partial charge in [0.15, 0.2) is 12.3 Å². The normalized spacial score (nSPS) is 17.6. The third-order valence-electron chi connectivity index (χ3n) is 7.90. The summed E-state index contributed by atoms with van der Waals surface area (Å²) in [7, 11) is 0. The first-order valence-electron chi connectivity index (χ1n) is 14.6. The van der Waals surface area contributed by atoms with Gasteiger partial charge in [-0.2, -0.15) is 0 Å². The minimum absolute atomic E-state index is 0.0119. The van der Waals surface area contributed by atoms with Crippen molar-refractivity contribution >= 4 is 56.8 Å². The van der Waals surface area contributed by atoms with Gasteiger partial charge in [0.25, 0.3) is 0 Å². The van der Waals surface area contributed by atoms with E-state index in [4.69, 9.17) is 9.47 Å². The van der Waals surface area contributed by atoms with Gasteiger partial charge < -0.3 is 14.6 Å². The summed E-state index contributed by atoms with van der Waals surface area (Å²) < 4.78 is 13.1. The van der Waals surface area contributed by atoms with Crippen molar-refractivity contribution in [2.45, 2.75) is 12.0 Å². The number of carbonyl (C=O) groups is 2. The minimum atomic E-state index is -0.622. The highest BCUT2D eigenvalue weighted by atomic mass is 32.2. The molecule has 12 heteroatoms. The Morgan fingerprint density at radius 3 is 2.62 bits per heavy atom. The number of amides is 2. The Morgan fingerprint density at radius 2 is 1.78 bits per heavy atom. The van der Waals surface area contributed by atoms with Crippen LogP contribution in [0, 0.1) is 0 Å². The molecule has 0 aliphatic carbocycles. The third-order valence-corrected chi connectivity index (χ3v) is 9.11. The molecule has 5 aromatic rings. The highest BCUT2D eigenvalue weighted by Crippen LogP contribution is 2.45. The molecule has 1 atom stereocenters. The Bertz CT molecular complexity index is 1910. The van der Waals surface area contributed by atoms with Gasteiger partial charge in [0.2, 0.25) is 11.8 Å². The molecular weight excluding hydrogens is 592 g/mol. The SMILES string of the molecule is O=C(COc1ccc(N2C(=O)CSC2c2ccccc2)c2cccnc12)N=Nc1c(O)n(CN2CCOCC2)c2ccccc12. The molecule has 4 heterocycles. The summed E-state index contributed by atoms with van der Waals surface area (Å²) >= 11 is 1.58. The number of aromatic nitrogens is 2. The van der Waals surface area contributed by atoms with E-state index in [2.05, 4.69) is 20.1 Å². The van der Waals surface area contributed by atoms with E-state index in [-0.39, 0.29) is 29.5 Å². The smallest absolute Gasteiger partial charge is 0.302 e. The highest BCUT2D eigenvalue weighted by molar-refractivity contribution is 8.00. The van der Waals surface area contributed by atoms with Crippen LogP contribution in [-0.2, 0) is 21.0 Å². The predicted octanol–water partition coefficient (Wildman–Crippen LogP) is 5.65. The Labute approximate surface area is 263 Å². The van der Waals surface area contributed by atoms with Crippen molar-refractivity contribution in [3.05, 3.63) is 90.6 Å². The van der Waals surface area contributed by atoms with E-state index in [0.717, 1.165) is 35.2 Å². The van der Waals surface area contributed by atoms with Crippen LogP contribution in [0.4, 0.5) is 11.4 Å². The molecule has 45 heavy (non-hydrogen) atoms. The van der Waals surface area contributed by atoms with Gasteiger partial charge in [0, 0.05) is 30.1 Å². The lowest BCUT2D eigenvalue weighted by atomic mass is 10.1. The molecule has 2 saturated heterocycles. The Kier molecular flexibility index (Phi) is 8.16. The van der Waals surface area contributed by atoms with Crippen molar-refractivity contribution in [3.8, 4) is 11.6 Å². The number of anilines is 1. The van der Waals surface area contributed by atoms with Crippen molar-refractivity contribution in [1.82, 2.24) is 14.5 Å². The summed E-state index contributed by atoms with van der Waals surface area (Å²) in [5.41, 5.74) is 3.31. The fraction of sp³-hybridized carbons (Fsp3) is 0.242. The molecule has 1 N–H and O–H groups in total. The van der Waals surface area contributed by atoms with E-state index in [1.165, 1.54) is 0 Å². The van der Waals surface area contributed by atoms with E-state index in [1.807, 2.05) is 72.8 Å². The lowest BCUT2D eigenvalue weighted by Gasteiger charge is -2.27. The van der Waals surface area contributed by atoms with Gasteiger partial charge in [-0.1, -0.05) is 48.5 Å². The summed E-state index contributed by atoms with van der Waals surface area (Å²) in [6.07, 6.45) is 1.64. The molecule has 2 aliphatic rings. The quantitative estimate of drug-likeness (QED) is 0.220. The number of pyridine rings is 1. The standard InChI is InChI=1S/C33H30N6O5S/c40-28(35-36-31-23-9-4-5-11-25(23)38(32(31)42)21-37-15-17-43-18-16-37)19-44-27-13-12-26(24-10-6-14-34-30(24)27)39-29(41)20-45-33(39)22-7-2-1-3-8-22/h1-14,33,42H,15-21H2. The Hall–Kier alpha value is -4.78. The first kappa shape index (κ1) is 29.0. The highest BCUT2D eigenvalue weighted by Gasteiger charge is 2.35. The summed E-state index contributed by atoms with van der Waals surface area (Å²) in [6.45, 7) is 2.86. The van der Waals surface area contributed by atoms with Crippen molar-refractivity contribution in [2.24, 2.45) is 10.2 Å². The third kappa shape index (κ3) is 5.75. The first-order valence-corrected chi connectivity index (χ1v) is 15.7. The van der Waals surface area contributed by atoms with E-state index < -0.39 is 5.91 Å². The molecule has 2 aliphatic heterocycles. The predicted molar refractivity (Wildman–Crippen MR) is 172 cm³/mol. The van der Waals surface area contributed by atoms with Gasteiger partial charge >= 0.3 is 5.91 Å². The van der Waals surface area contributed by atoms with Crippen LogP contribution >= 0.6 is 11.8 Å². The number of benzene rings is 3. The number of carbonyl (C=O) groups excluding carboxylic acids is 2. The fourth-order valence-electron chi connectivity index (χ4n) is 5.74. The molecule has 228 valence electrons. The van der Waals surface area contributed by atoms with E-state index in [1.54, 1.807) is 33.5 Å². The molecule has 11 nitrogen and oxygen atoms in total. The van der Waals surface area contributed by atoms with Crippen molar-refractivity contribution in [2.75, 3.05) is 43.6 Å². The molecular formula is C33H30N6O5S. The van der Waals surface area contributed by atoms with Gasteiger partial charge in [-0.15, -0.1) is 22.0 Å². The zero-order valence-electron chi connectivity index (χ0n) is 24.3. The molecule has 2 fully saturated rings. The zero-order chi connectivity index (χ0) is 30.8. The lowest BCUT2D eigenvalue weighted by Crippen LogP contribution is -2.37. The summed E-state index contributed by atoms with van der Waals surface area (Å²) in [5, 5.41) is 20.4. The van der Waals surface area contributed by atoms with Crippen LogP contribution in [0.25, 0.3) is 21.8 Å². The molecule has 1 unspecified atom stereocenters. The summed E-state index contributed by atoms with van der Waals surface area (Å²) in [5.74, 6) is 0.0917. The van der Waals surface area contributed by atoms with Crippen LogP contribution < -0.4 is 9.64 Å². The van der Waals surface area contributed by atoms with Crippen molar-refractivity contribution < 1.29 is 24.2 Å². The molecule has 0 bridgehead atoms. The van der Waals surface area contributed by atoms with Crippen LogP contribution in [0.15, 0.2) is 95.3 Å². The number of thioether (sulfide) groups is 1. The second-order valence-electron chi connectivity index (χ2n) is 10.7. The van der Waals surface area contributed by atoms with Crippen LogP contribution in [0.5, 0.6) is 11.6 Å². The summed E-state index contributed by atoms with van der Waals surface area (Å²) in [4.78, 5) is 34.4. The monoisotopic (exact) mass is 622 g/mol. The Morgan fingerprint density at radius 1 is 1.00 bits per heavy atom. The lowest BCUT2D eigenvalue weighted by molar-refractivity contribution is -0.120. The molecule has 0 radical (unpaired) electrons. The second kappa shape index (κ2) is 12.7. The molecule has 7 rings (SSSR count). The van der Waals surface area contributed by atoms with Crippen LogP contribution in [-0.4, -0.2) is 70.0 Å². The van der Waals surface area contributed by atoms with E-state index in [9.17, 15) is 14.7 Å². The number of hydrogen-bond donors (Lipinski definition) is 1. The molecule has 3 aromatic carbocycles. The zero-order valence-corrected chi connectivity index (χ0v) is 25.1. The number of azo groups is 1. The van der Waals surface area contributed by atoms with Gasteiger partial charge in [0.1, 0.15) is 16.6 Å². The van der Waals surface area contributed by atoms with Crippen LogP contribution in [0.1, 0.15) is 10.9 Å². The Balaban J connectivity index is 1.10. The average Bonchev–Trinajstić information content (AvgIpc) is 3.59. The maximum atomic E-state index is 13.1. The largest absolute Gasteiger partial charge is 0.493 e. The number of nitrogens with zero attached hydrogens (tertiary/aromatic N) is 6. The van der Waals surface area contributed by atoms with Gasteiger partial charge in [-0.05, 0) is 35.9 Å². The number of hydrogen-bond acceptors (Lipinski definition) is 9. The van der Waals surface area contributed by atoms with Crippen LogP contribution in [0.2, 0.25) is 0 Å². The second-order valence-corrected chi connectivity index (χ2v) is 11.8. The van der Waals surface area contributed by atoms with Gasteiger partial charge in [-0.25, -0.2) is 0 Å². The first-order chi connectivity index (χ1) is 22.1. The van der Waals surface area contributed by atoms with Crippen molar-refractivity contribution in [3.63, 3.8) is 0 Å². The number of para-hydroxylation sites is 1. The average molecular weight is 623 g/mol. The molecule has 2 amide bonds. The van der Waals surface area contributed by atoms with Gasteiger partial charge in [0.05, 0.1) is 36.8 Å². The van der Waals surface area contributed by atoms with Gasteiger partial charge in [-0.3, -0.25) is 28.9 Å². The molecule has 2 aromatic heterocycles. The maximum absolute atomic E-state index is 13.1. The number of aromatic hydroxyl groups is 1. The number of rotatable bonds is 8. The number of ether oxygens (including phenoxy) is 2. The topological polar surface area (TPSA) is 122 Å². The van der Waals surface area contributed by atoms with Crippen LogP contribution in [0.3, 0.4) is 0 Å². The molecule has 0 saturated carbocycles. The molecule has 0 spiro atoms. The maximum Gasteiger partial charge on any atom is 0.302 e. The van der Waals surface area contributed by atoms with E-state index in [0.29, 0.717) is 42.3 Å². The minimum Gasteiger partial charge on any atom is -0.493 e. The van der Waals surface area contributed by atoms with Crippen molar-refractivity contribution in [1.29, 1.82) is 0 Å². The van der Waals surface area contributed by atoms with E-state index >= 15 is 0 Å². The summed E-state index contributed by atoms with van der Waals surface area (Å²) in [6, 6.07) is 24.6. The number of morpholine rings is 1.